The van der Waals surface area contributed by atoms with Crippen molar-refractivity contribution in [3.63, 3.8) is 0 Å². The predicted octanol–water partition coefficient (Wildman–Crippen LogP) is 3.90. The van der Waals surface area contributed by atoms with Crippen molar-refractivity contribution in [1.82, 2.24) is 15.0 Å². The lowest BCUT2D eigenvalue weighted by Gasteiger charge is -2.22. The van der Waals surface area contributed by atoms with Crippen molar-refractivity contribution in [2.24, 2.45) is 0 Å². The Labute approximate surface area is 131 Å². The van der Waals surface area contributed by atoms with Gasteiger partial charge in [0.25, 0.3) is 0 Å². The van der Waals surface area contributed by atoms with Crippen molar-refractivity contribution in [2.75, 3.05) is 11.9 Å². The van der Waals surface area contributed by atoms with Crippen molar-refractivity contribution in [1.29, 1.82) is 0 Å². The first-order chi connectivity index (χ1) is 10.7. The average molecular weight is 294 g/mol. The highest BCUT2D eigenvalue weighted by atomic mass is 15.0. The van der Waals surface area contributed by atoms with Crippen LogP contribution in [0.1, 0.15) is 56.8 Å². The van der Waals surface area contributed by atoms with E-state index in [0.29, 0.717) is 5.92 Å². The molecule has 0 bridgehead atoms. The van der Waals surface area contributed by atoms with Crippen molar-refractivity contribution in [2.45, 2.75) is 50.9 Å². The van der Waals surface area contributed by atoms with Crippen LogP contribution in [0.15, 0.2) is 24.7 Å². The third-order valence-corrected chi connectivity index (χ3v) is 5.14. The molecule has 1 saturated carbocycles. The van der Waals surface area contributed by atoms with Crippen LogP contribution in [-0.4, -0.2) is 21.5 Å². The molecule has 0 aromatic carbocycles. The fraction of sp³-hybridized carbons (Fsp3) is 0.500. The van der Waals surface area contributed by atoms with Gasteiger partial charge in [-0.1, -0.05) is 26.7 Å². The highest BCUT2D eigenvalue weighted by Gasteiger charge is 2.42. The monoisotopic (exact) mass is 294 g/mol. The van der Waals surface area contributed by atoms with Gasteiger partial charge >= 0.3 is 0 Å². The third kappa shape index (κ3) is 2.01. The minimum atomic E-state index is 0.263. The van der Waals surface area contributed by atoms with E-state index in [1.165, 1.54) is 37.1 Å². The van der Waals surface area contributed by atoms with Gasteiger partial charge in [0.2, 0.25) is 0 Å². The molecule has 2 aromatic rings. The number of hydrogen-bond acceptors (Lipinski definition) is 4. The molecule has 2 aromatic heterocycles. The van der Waals surface area contributed by atoms with Gasteiger partial charge in [-0.3, -0.25) is 0 Å². The van der Waals surface area contributed by atoms with E-state index in [-0.39, 0.29) is 5.41 Å². The van der Waals surface area contributed by atoms with Crippen LogP contribution in [0.3, 0.4) is 0 Å². The number of anilines is 1. The van der Waals surface area contributed by atoms with Gasteiger partial charge in [0.15, 0.2) is 0 Å². The summed E-state index contributed by atoms with van der Waals surface area (Å²) in [6.45, 7) is 5.37. The van der Waals surface area contributed by atoms with E-state index < -0.39 is 0 Å². The summed E-state index contributed by atoms with van der Waals surface area (Å²) in [5.41, 5.74) is 5.90. The van der Waals surface area contributed by atoms with Gasteiger partial charge in [-0.2, -0.15) is 0 Å². The molecule has 3 heterocycles. The maximum Gasteiger partial charge on any atom is 0.115 e. The molecule has 0 unspecified atom stereocenters. The Hall–Kier alpha value is -1.97. The number of nitrogens with zero attached hydrogens (tertiary/aromatic N) is 3. The molecule has 1 aliphatic carbocycles. The number of pyridine rings is 1. The molecule has 0 atom stereocenters. The Morgan fingerprint density at radius 3 is 2.77 bits per heavy atom. The Bertz CT molecular complexity index is 702. The molecule has 1 spiro atoms. The summed E-state index contributed by atoms with van der Waals surface area (Å²) in [6.07, 6.45) is 8.68. The van der Waals surface area contributed by atoms with Gasteiger partial charge in [0.1, 0.15) is 6.33 Å². The summed E-state index contributed by atoms with van der Waals surface area (Å²) >= 11 is 0. The van der Waals surface area contributed by atoms with Crippen LogP contribution in [0, 0.1) is 0 Å². The molecular formula is C18H22N4. The Morgan fingerprint density at radius 2 is 2.00 bits per heavy atom. The lowest BCUT2D eigenvalue weighted by atomic mass is 9.84. The summed E-state index contributed by atoms with van der Waals surface area (Å²) in [7, 11) is 0. The van der Waals surface area contributed by atoms with Crippen molar-refractivity contribution >= 4 is 5.69 Å². The van der Waals surface area contributed by atoms with E-state index >= 15 is 0 Å². The molecule has 4 rings (SSSR count). The van der Waals surface area contributed by atoms with Crippen molar-refractivity contribution in [3.05, 3.63) is 36.0 Å². The molecule has 114 valence electrons. The molecule has 22 heavy (non-hydrogen) atoms. The number of fused-ring (bicyclic) bond motifs is 2. The lowest BCUT2D eigenvalue weighted by molar-refractivity contribution is 0.476. The summed E-state index contributed by atoms with van der Waals surface area (Å²) in [5, 5.41) is 3.56. The maximum atomic E-state index is 5.06. The summed E-state index contributed by atoms with van der Waals surface area (Å²) in [6, 6.07) is 4.28. The summed E-state index contributed by atoms with van der Waals surface area (Å²) in [4.78, 5) is 13.7. The van der Waals surface area contributed by atoms with Gasteiger partial charge in [0.05, 0.1) is 22.8 Å². The van der Waals surface area contributed by atoms with Crippen LogP contribution in [0.5, 0.6) is 0 Å². The van der Waals surface area contributed by atoms with E-state index in [2.05, 4.69) is 41.3 Å². The van der Waals surface area contributed by atoms with Crippen LogP contribution in [0.4, 0.5) is 5.69 Å². The highest BCUT2D eigenvalue weighted by molar-refractivity contribution is 5.67. The van der Waals surface area contributed by atoms with Crippen LogP contribution in [0.25, 0.3) is 11.3 Å². The van der Waals surface area contributed by atoms with E-state index in [9.17, 15) is 0 Å². The molecule has 2 aliphatic rings. The molecule has 4 nitrogen and oxygen atoms in total. The molecule has 0 radical (unpaired) electrons. The standard InChI is InChI=1S/C18H22N4/c1-12(2)16-13(9-19-11-21-16)14-5-6-15-17(22-14)18(10-20-15)7-3-4-8-18/h5-6,9,11-12,20H,3-4,7-8,10H2,1-2H3. The van der Waals surface area contributed by atoms with Crippen LogP contribution >= 0.6 is 0 Å². The van der Waals surface area contributed by atoms with Gasteiger partial charge in [-0.25, -0.2) is 15.0 Å². The Morgan fingerprint density at radius 1 is 1.18 bits per heavy atom. The molecule has 0 amide bonds. The number of rotatable bonds is 2. The zero-order valence-electron chi connectivity index (χ0n) is 13.3. The molecule has 1 fully saturated rings. The zero-order valence-corrected chi connectivity index (χ0v) is 13.3. The van der Waals surface area contributed by atoms with Gasteiger partial charge in [-0.05, 0) is 30.9 Å². The molecular weight excluding hydrogens is 272 g/mol. The average Bonchev–Trinajstić information content (AvgIpc) is 3.16. The SMILES string of the molecule is CC(C)c1ncncc1-c1ccc2c(n1)C1(CCCC1)CN2. The van der Waals surface area contributed by atoms with Crippen molar-refractivity contribution in [3.8, 4) is 11.3 Å². The first-order valence-corrected chi connectivity index (χ1v) is 8.25. The minimum absolute atomic E-state index is 0.263. The zero-order chi connectivity index (χ0) is 15.2. The third-order valence-electron chi connectivity index (χ3n) is 5.14. The quantitative estimate of drug-likeness (QED) is 0.912. The number of nitrogens with one attached hydrogen (secondary N) is 1. The maximum absolute atomic E-state index is 5.06. The lowest BCUT2D eigenvalue weighted by Crippen LogP contribution is -2.25. The van der Waals surface area contributed by atoms with Crippen LogP contribution < -0.4 is 5.32 Å². The highest BCUT2D eigenvalue weighted by Crippen LogP contribution is 2.47. The number of hydrogen-bond donors (Lipinski definition) is 1. The molecule has 0 saturated heterocycles. The second kappa shape index (κ2) is 5.04. The van der Waals surface area contributed by atoms with Crippen LogP contribution in [0.2, 0.25) is 0 Å². The first-order valence-electron chi connectivity index (χ1n) is 8.25. The molecule has 4 heteroatoms. The second-order valence-electron chi connectivity index (χ2n) is 6.91. The Kier molecular flexibility index (Phi) is 3.13. The van der Waals surface area contributed by atoms with E-state index in [1.807, 2.05) is 6.20 Å². The summed E-state index contributed by atoms with van der Waals surface area (Å²) in [5.74, 6) is 0.367. The second-order valence-corrected chi connectivity index (χ2v) is 6.91. The normalized spacial score (nSPS) is 18.7. The predicted molar refractivity (Wildman–Crippen MR) is 88.0 cm³/mol. The van der Waals surface area contributed by atoms with Gasteiger partial charge < -0.3 is 5.32 Å². The largest absolute Gasteiger partial charge is 0.383 e. The minimum Gasteiger partial charge on any atom is -0.383 e. The molecule has 1 aliphatic heterocycles. The van der Waals surface area contributed by atoms with Crippen molar-refractivity contribution < 1.29 is 0 Å². The van der Waals surface area contributed by atoms with Crippen LogP contribution in [-0.2, 0) is 5.41 Å². The van der Waals surface area contributed by atoms with E-state index in [1.54, 1.807) is 6.33 Å². The topological polar surface area (TPSA) is 50.7 Å². The fourth-order valence-corrected chi connectivity index (χ4v) is 3.97. The Balaban J connectivity index is 1.83. The van der Waals surface area contributed by atoms with Gasteiger partial charge in [0, 0.05) is 23.7 Å². The fourth-order valence-electron chi connectivity index (χ4n) is 3.97. The smallest absolute Gasteiger partial charge is 0.115 e. The van der Waals surface area contributed by atoms with E-state index in [4.69, 9.17) is 4.98 Å². The summed E-state index contributed by atoms with van der Waals surface area (Å²) < 4.78 is 0. The first kappa shape index (κ1) is 13.7. The molecule has 1 N–H and O–H groups in total. The number of aromatic nitrogens is 3. The van der Waals surface area contributed by atoms with E-state index in [0.717, 1.165) is 23.5 Å². The van der Waals surface area contributed by atoms with Gasteiger partial charge in [-0.15, -0.1) is 0 Å².